The Kier molecular flexibility index (Phi) is 2.14. The molecule has 1 fully saturated rings. The van der Waals surface area contributed by atoms with Gasteiger partial charge in [-0.3, -0.25) is 0 Å². The molecule has 1 aliphatic rings. The van der Waals surface area contributed by atoms with Crippen LogP contribution in [0.25, 0.3) is 0 Å². The summed E-state index contributed by atoms with van der Waals surface area (Å²) in [6.45, 7) is 3.72. The van der Waals surface area contributed by atoms with E-state index in [2.05, 4.69) is 6.58 Å². The molecule has 1 rings (SSSR count). The zero-order chi connectivity index (χ0) is 6.85. The van der Waals surface area contributed by atoms with E-state index in [1.54, 1.807) is 0 Å². The average Bonchev–Trinajstić information content (AvgIpc) is 1.80. The molecule has 0 saturated heterocycles. The molecule has 0 aliphatic heterocycles. The van der Waals surface area contributed by atoms with Crippen LogP contribution in [0.4, 0.5) is 0 Å². The van der Waals surface area contributed by atoms with Crippen LogP contribution in [0.5, 0.6) is 0 Å². The van der Waals surface area contributed by atoms with Gasteiger partial charge in [-0.2, -0.15) is 0 Å². The number of hydrogen-bond acceptors (Lipinski definition) is 1. The van der Waals surface area contributed by atoms with Crippen LogP contribution in [0.15, 0.2) is 12.2 Å². The first kappa shape index (κ1) is 7.10. The van der Waals surface area contributed by atoms with Crippen molar-refractivity contribution >= 4 is 11.6 Å². The third-order valence-electron chi connectivity index (χ3n) is 1.73. The van der Waals surface area contributed by atoms with E-state index in [0.717, 1.165) is 18.4 Å². The third kappa shape index (κ3) is 1.70. The van der Waals surface area contributed by atoms with Gasteiger partial charge in [0, 0.05) is 5.38 Å². The predicted octanol–water partition coefficient (Wildman–Crippen LogP) is 1.69. The molecule has 1 nitrogen and oxygen atoms in total. The van der Waals surface area contributed by atoms with E-state index in [9.17, 15) is 0 Å². The van der Waals surface area contributed by atoms with E-state index in [4.69, 9.17) is 16.7 Å². The molecule has 2 unspecified atom stereocenters. The Morgan fingerprint density at radius 3 is 2.78 bits per heavy atom. The highest BCUT2D eigenvalue weighted by Gasteiger charge is 2.20. The lowest BCUT2D eigenvalue weighted by atomic mass is 9.93. The van der Waals surface area contributed by atoms with Crippen molar-refractivity contribution < 1.29 is 5.11 Å². The summed E-state index contributed by atoms with van der Waals surface area (Å²) >= 11 is 5.78. The van der Waals surface area contributed by atoms with Crippen LogP contribution in [0.2, 0.25) is 0 Å². The first-order valence-corrected chi connectivity index (χ1v) is 3.63. The SMILES string of the molecule is C=C1CCC(Cl)CC1O. The van der Waals surface area contributed by atoms with Crippen molar-refractivity contribution in [1.29, 1.82) is 0 Å². The van der Waals surface area contributed by atoms with Crippen molar-refractivity contribution in [3.63, 3.8) is 0 Å². The standard InChI is InChI=1S/C7H11ClO/c1-5-2-3-6(8)4-7(5)9/h6-7,9H,1-4H2. The molecule has 0 aromatic rings. The maximum Gasteiger partial charge on any atom is 0.0761 e. The summed E-state index contributed by atoms with van der Waals surface area (Å²) in [6.07, 6.45) is 2.19. The topological polar surface area (TPSA) is 20.2 Å². The number of alkyl halides is 1. The monoisotopic (exact) mass is 146 g/mol. The molecule has 52 valence electrons. The van der Waals surface area contributed by atoms with Crippen LogP contribution < -0.4 is 0 Å². The highest BCUT2D eigenvalue weighted by Crippen LogP contribution is 2.25. The van der Waals surface area contributed by atoms with Gasteiger partial charge in [-0.25, -0.2) is 0 Å². The van der Waals surface area contributed by atoms with Gasteiger partial charge < -0.3 is 5.11 Å². The maximum atomic E-state index is 9.16. The first-order chi connectivity index (χ1) is 4.20. The molecule has 1 saturated carbocycles. The molecule has 0 spiro atoms. The van der Waals surface area contributed by atoms with Gasteiger partial charge in [-0.1, -0.05) is 6.58 Å². The number of rotatable bonds is 0. The fourth-order valence-electron chi connectivity index (χ4n) is 1.04. The summed E-state index contributed by atoms with van der Waals surface area (Å²) < 4.78 is 0. The number of aliphatic hydroxyl groups is 1. The Balaban J connectivity index is 2.44. The molecule has 0 bridgehead atoms. The first-order valence-electron chi connectivity index (χ1n) is 3.20. The van der Waals surface area contributed by atoms with E-state index in [0.29, 0.717) is 6.42 Å². The molecular formula is C7H11ClO. The Hall–Kier alpha value is -0.0100. The third-order valence-corrected chi connectivity index (χ3v) is 2.13. The van der Waals surface area contributed by atoms with Gasteiger partial charge in [0.2, 0.25) is 0 Å². The van der Waals surface area contributed by atoms with Crippen LogP contribution >= 0.6 is 11.6 Å². The lowest BCUT2D eigenvalue weighted by Crippen LogP contribution is -2.21. The van der Waals surface area contributed by atoms with Gasteiger partial charge in [0.15, 0.2) is 0 Å². The van der Waals surface area contributed by atoms with Crippen molar-refractivity contribution in [3.05, 3.63) is 12.2 Å². The Bertz CT molecular complexity index is 122. The number of aliphatic hydroxyl groups excluding tert-OH is 1. The molecule has 0 aromatic heterocycles. The largest absolute Gasteiger partial charge is 0.389 e. The Labute approximate surface area is 60.3 Å². The highest BCUT2D eigenvalue weighted by atomic mass is 35.5. The molecule has 2 atom stereocenters. The van der Waals surface area contributed by atoms with Crippen LogP contribution in [0.1, 0.15) is 19.3 Å². The Morgan fingerprint density at radius 2 is 2.33 bits per heavy atom. The van der Waals surface area contributed by atoms with Crippen molar-refractivity contribution in [2.45, 2.75) is 30.7 Å². The molecular weight excluding hydrogens is 136 g/mol. The minimum Gasteiger partial charge on any atom is -0.389 e. The summed E-state index contributed by atoms with van der Waals surface area (Å²) in [4.78, 5) is 0. The van der Waals surface area contributed by atoms with Crippen LogP contribution in [0.3, 0.4) is 0 Å². The van der Waals surface area contributed by atoms with Crippen molar-refractivity contribution in [3.8, 4) is 0 Å². The quantitative estimate of drug-likeness (QED) is 0.408. The fourth-order valence-corrected chi connectivity index (χ4v) is 1.31. The second kappa shape index (κ2) is 2.72. The molecule has 2 heteroatoms. The normalized spacial score (nSPS) is 36.9. The van der Waals surface area contributed by atoms with E-state index in [1.165, 1.54) is 0 Å². The van der Waals surface area contributed by atoms with Gasteiger partial charge in [0.05, 0.1) is 6.10 Å². The Morgan fingerprint density at radius 1 is 1.67 bits per heavy atom. The van der Waals surface area contributed by atoms with Gasteiger partial charge >= 0.3 is 0 Å². The summed E-state index contributed by atoms with van der Waals surface area (Å²) in [6, 6.07) is 0. The zero-order valence-corrected chi connectivity index (χ0v) is 6.06. The maximum absolute atomic E-state index is 9.16. The van der Waals surface area contributed by atoms with E-state index in [-0.39, 0.29) is 11.5 Å². The predicted molar refractivity (Wildman–Crippen MR) is 38.6 cm³/mol. The minimum absolute atomic E-state index is 0.158. The molecule has 0 amide bonds. The van der Waals surface area contributed by atoms with E-state index >= 15 is 0 Å². The molecule has 1 aliphatic carbocycles. The second-order valence-corrected chi connectivity index (χ2v) is 3.16. The molecule has 0 radical (unpaired) electrons. The highest BCUT2D eigenvalue weighted by molar-refractivity contribution is 6.20. The number of halogens is 1. The van der Waals surface area contributed by atoms with Gasteiger partial charge in [-0.15, -0.1) is 11.6 Å². The lowest BCUT2D eigenvalue weighted by molar-refractivity contribution is 0.181. The summed E-state index contributed by atoms with van der Waals surface area (Å²) in [5.74, 6) is 0. The minimum atomic E-state index is -0.346. The van der Waals surface area contributed by atoms with Gasteiger partial charge in [-0.05, 0) is 24.8 Å². The van der Waals surface area contributed by atoms with Gasteiger partial charge in [0.25, 0.3) is 0 Å². The molecule has 0 aromatic carbocycles. The van der Waals surface area contributed by atoms with Crippen LogP contribution in [-0.4, -0.2) is 16.6 Å². The summed E-state index contributed by atoms with van der Waals surface area (Å²) in [7, 11) is 0. The average molecular weight is 147 g/mol. The lowest BCUT2D eigenvalue weighted by Gasteiger charge is -2.23. The van der Waals surface area contributed by atoms with Gasteiger partial charge in [0.1, 0.15) is 0 Å². The smallest absolute Gasteiger partial charge is 0.0761 e. The second-order valence-electron chi connectivity index (χ2n) is 2.55. The van der Waals surface area contributed by atoms with Crippen molar-refractivity contribution in [2.75, 3.05) is 0 Å². The van der Waals surface area contributed by atoms with Crippen LogP contribution in [-0.2, 0) is 0 Å². The zero-order valence-electron chi connectivity index (χ0n) is 5.31. The van der Waals surface area contributed by atoms with Crippen LogP contribution in [0, 0.1) is 0 Å². The van der Waals surface area contributed by atoms with Crippen molar-refractivity contribution in [2.24, 2.45) is 0 Å². The summed E-state index contributed by atoms with van der Waals surface area (Å²) in [5.41, 5.74) is 0.937. The fraction of sp³-hybridized carbons (Fsp3) is 0.714. The molecule has 0 heterocycles. The van der Waals surface area contributed by atoms with Crippen molar-refractivity contribution in [1.82, 2.24) is 0 Å². The number of hydrogen-bond donors (Lipinski definition) is 1. The van der Waals surface area contributed by atoms with E-state index in [1.807, 2.05) is 0 Å². The van der Waals surface area contributed by atoms with E-state index < -0.39 is 0 Å². The summed E-state index contributed by atoms with van der Waals surface area (Å²) in [5, 5.41) is 9.32. The molecule has 1 N–H and O–H groups in total. The molecule has 9 heavy (non-hydrogen) atoms.